The smallest absolute Gasteiger partial charge is 0.317 e. The fraction of sp³-hybridized carbons (Fsp3) is 0.556. The highest BCUT2D eigenvalue weighted by Gasteiger charge is 2.44. The molecule has 124 valence electrons. The zero-order valence-electron chi connectivity index (χ0n) is 13.6. The van der Waals surface area contributed by atoms with E-state index in [2.05, 4.69) is 29.6 Å². The van der Waals surface area contributed by atoms with Gasteiger partial charge in [0.1, 0.15) is 0 Å². The lowest BCUT2D eigenvalue weighted by Crippen LogP contribution is -2.47. The zero-order chi connectivity index (χ0) is 16.3. The highest BCUT2D eigenvalue weighted by atomic mass is 16.5. The Bertz CT molecular complexity index is 561. The number of benzene rings is 1. The van der Waals surface area contributed by atoms with E-state index < -0.39 is 0 Å². The van der Waals surface area contributed by atoms with E-state index in [-0.39, 0.29) is 23.3 Å². The van der Waals surface area contributed by atoms with Gasteiger partial charge in [-0.2, -0.15) is 0 Å². The van der Waals surface area contributed by atoms with Crippen LogP contribution >= 0.6 is 0 Å². The highest BCUT2D eigenvalue weighted by Crippen LogP contribution is 2.47. The van der Waals surface area contributed by atoms with Gasteiger partial charge >= 0.3 is 12.0 Å². The minimum Gasteiger partial charge on any atom is -0.469 e. The maximum atomic E-state index is 12.3. The van der Waals surface area contributed by atoms with Crippen LogP contribution in [0.3, 0.4) is 0 Å². The number of rotatable bonds is 4. The molecule has 1 aliphatic carbocycles. The molecule has 0 unspecified atom stereocenters. The fourth-order valence-corrected chi connectivity index (χ4v) is 3.35. The Balaban J connectivity index is 1.48. The highest BCUT2D eigenvalue weighted by molar-refractivity contribution is 5.76. The molecule has 3 rings (SSSR count). The van der Waals surface area contributed by atoms with E-state index >= 15 is 0 Å². The van der Waals surface area contributed by atoms with Gasteiger partial charge in [0, 0.05) is 25.0 Å². The number of nitrogens with zero attached hydrogens (tertiary/aromatic N) is 1. The third-order valence-corrected chi connectivity index (χ3v) is 5.13. The van der Waals surface area contributed by atoms with Crippen LogP contribution in [0.1, 0.15) is 31.2 Å². The Hall–Kier alpha value is -2.04. The molecule has 2 aliphatic rings. The fourth-order valence-electron chi connectivity index (χ4n) is 3.35. The van der Waals surface area contributed by atoms with Gasteiger partial charge in [-0.3, -0.25) is 4.79 Å². The maximum Gasteiger partial charge on any atom is 0.317 e. The number of hydrogen-bond donors (Lipinski definition) is 1. The molecule has 1 saturated carbocycles. The Morgan fingerprint density at radius 3 is 2.43 bits per heavy atom. The topological polar surface area (TPSA) is 58.6 Å². The third kappa shape index (κ3) is 3.49. The van der Waals surface area contributed by atoms with Crippen molar-refractivity contribution in [1.82, 2.24) is 10.2 Å². The van der Waals surface area contributed by atoms with Gasteiger partial charge in [0.25, 0.3) is 0 Å². The number of piperidine rings is 1. The summed E-state index contributed by atoms with van der Waals surface area (Å²) in [6.07, 6.45) is 3.62. The van der Waals surface area contributed by atoms with Gasteiger partial charge in [-0.05, 0) is 31.2 Å². The van der Waals surface area contributed by atoms with Crippen molar-refractivity contribution in [3.05, 3.63) is 35.9 Å². The second-order valence-electron chi connectivity index (χ2n) is 6.59. The molecule has 0 atom stereocenters. The number of esters is 1. The van der Waals surface area contributed by atoms with E-state index in [1.165, 1.54) is 12.7 Å². The van der Waals surface area contributed by atoms with E-state index in [0.717, 1.165) is 12.8 Å². The molecule has 1 heterocycles. The first kappa shape index (κ1) is 15.8. The summed E-state index contributed by atoms with van der Waals surface area (Å²) in [6.45, 7) is 1.92. The minimum atomic E-state index is -0.161. The summed E-state index contributed by atoms with van der Waals surface area (Å²) < 4.78 is 4.78. The molecule has 5 heteroatoms. The zero-order valence-corrected chi connectivity index (χ0v) is 13.6. The Morgan fingerprint density at radius 2 is 1.87 bits per heavy atom. The first-order valence-electron chi connectivity index (χ1n) is 8.31. The van der Waals surface area contributed by atoms with Gasteiger partial charge in [-0.15, -0.1) is 0 Å². The second kappa shape index (κ2) is 6.60. The second-order valence-corrected chi connectivity index (χ2v) is 6.59. The lowest BCUT2D eigenvalue weighted by molar-refractivity contribution is -0.146. The van der Waals surface area contributed by atoms with Crippen LogP contribution in [0.4, 0.5) is 4.79 Å². The lowest BCUT2D eigenvalue weighted by atomic mass is 9.96. The number of nitrogens with one attached hydrogen (secondary N) is 1. The molecule has 0 aromatic heterocycles. The average Bonchev–Trinajstić information content (AvgIpc) is 3.41. The molecule has 1 aromatic carbocycles. The normalized spacial score (nSPS) is 20.0. The Morgan fingerprint density at radius 1 is 1.22 bits per heavy atom. The summed E-state index contributed by atoms with van der Waals surface area (Å²) in [7, 11) is 1.42. The molecule has 0 spiro atoms. The van der Waals surface area contributed by atoms with Gasteiger partial charge in [-0.1, -0.05) is 30.3 Å². The van der Waals surface area contributed by atoms with Crippen molar-refractivity contribution >= 4 is 12.0 Å². The number of carbonyl (C=O) groups is 2. The average molecular weight is 316 g/mol. The number of urea groups is 1. The molecule has 0 bridgehead atoms. The molecular weight excluding hydrogens is 292 g/mol. The van der Waals surface area contributed by atoms with E-state index in [4.69, 9.17) is 4.74 Å². The molecule has 0 radical (unpaired) electrons. The number of hydrogen-bond acceptors (Lipinski definition) is 3. The van der Waals surface area contributed by atoms with Gasteiger partial charge in [-0.25, -0.2) is 4.79 Å². The monoisotopic (exact) mass is 316 g/mol. The summed E-state index contributed by atoms with van der Waals surface area (Å²) in [5, 5.41) is 3.08. The van der Waals surface area contributed by atoms with E-state index in [0.29, 0.717) is 32.5 Å². The quantitative estimate of drug-likeness (QED) is 0.867. The molecular formula is C18H24N2O3. The maximum absolute atomic E-state index is 12.3. The van der Waals surface area contributed by atoms with Crippen LogP contribution in [0.5, 0.6) is 0 Å². The van der Waals surface area contributed by atoms with Gasteiger partial charge < -0.3 is 15.0 Å². The summed E-state index contributed by atoms with van der Waals surface area (Å²) >= 11 is 0. The van der Waals surface area contributed by atoms with Crippen LogP contribution in [-0.4, -0.2) is 43.6 Å². The number of amides is 2. The van der Waals surface area contributed by atoms with Gasteiger partial charge in [0.15, 0.2) is 0 Å². The molecule has 1 aromatic rings. The molecule has 2 fully saturated rings. The van der Waals surface area contributed by atoms with Crippen LogP contribution in [0.2, 0.25) is 0 Å². The van der Waals surface area contributed by atoms with Crippen molar-refractivity contribution in [2.24, 2.45) is 5.92 Å². The van der Waals surface area contributed by atoms with Crippen molar-refractivity contribution in [3.8, 4) is 0 Å². The summed E-state index contributed by atoms with van der Waals surface area (Å²) in [5.74, 6) is -0.228. The van der Waals surface area contributed by atoms with Crippen LogP contribution in [0, 0.1) is 5.92 Å². The number of likely N-dealkylation sites (tertiary alicyclic amines) is 1. The molecule has 1 saturated heterocycles. The van der Waals surface area contributed by atoms with Crippen molar-refractivity contribution in [3.63, 3.8) is 0 Å². The molecule has 1 N–H and O–H groups in total. The van der Waals surface area contributed by atoms with Crippen molar-refractivity contribution in [1.29, 1.82) is 0 Å². The first-order valence-corrected chi connectivity index (χ1v) is 8.31. The Labute approximate surface area is 137 Å². The third-order valence-electron chi connectivity index (χ3n) is 5.13. The Kier molecular flexibility index (Phi) is 4.55. The van der Waals surface area contributed by atoms with Crippen LogP contribution in [0.25, 0.3) is 0 Å². The largest absolute Gasteiger partial charge is 0.469 e. The van der Waals surface area contributed by atoms with Crippen molar-refractivity contribution in [2.45, 2.75) is 31.1 Å². The van der Waals surface area contributed by atoms with Gasteiger partial charge in [0.2, 0.25) is 0 Å². The summed E-state index contributed by atoms with van der Waals surface area (Å²) in [4.78, 5) is 25.7. The minimum absolute atomic E-state index is 0.0180. The molecule has 1 aliphatic heterocycles. The number of ether oxygens (including phenoxy) is 1. The lowest BCUT2D eigenvalue weighted by Gasteiger charge is -2.31. The van der Waals surface area contributed by atoms with E-state index in [1.807, 2.05) is 6.07 Å². The summed E-state index contributed by atoms with van der Waals surface area (Å²) in [5.41, 5.74) is 1.44. The first-order chi connectivity index (χ1) is 11.1. The molecule has 5 nitrogen and oxygen atoms in total. The van der Waals surface area contributed by atoms with E-state index in [9.17, 15) is 9.59 Å². The number of methoxy groups -OCH3 is 1. The van der Waals surface area contributed by atoms with Crippen LogP contribution in [0.15, 0.2) is 30.3 Å². The van der Waals surface area contributed by atoms with Crippen LogP contribution < -0.4 is 5.32 Å². The summed E-state index contributed by atoms with van der Waals surface area (Å²) in [6, 6.07) is 10.4. The van der Waals surface area contributed by atoms with Crippen molar-refractivity contribution < 1.29 is 14.3 Å². The van der Waals surface area contributed by atoms with Crippen molar-refractivity contribution in [2.75, 3.05) is 26.7 Å². The van der Waals surface area contributed by atoms with Crippen LogP contribution in [-0.2, 0) is 14.9 Å². The standard InChI is InChI=1S/C18H24N2O3/c1-23-16(21)14-7-11-20(12-8-14)17(22)19-13-18(9-10-18)15-5-3-2-4-6-15/h2-6,14H,7-13H2,1H3,(H,19,22). The predicted molar refractivity (Wildman–Crippen MR) is 87.1 cm³/mol. The SMILES string of the molecule is COC(=O)C1CCN(C(=O)NCC2(c3ccccc3)CC2)CC1. The van der Waals surface area contributed by atoms with E-state index in [1.54, 1.807) is 4.90 Å². The molecule has 2 amide bonds. The van der Waals surface area contributed by atoms with Gasteiger partial charge in [0.05, 0.1) is 13.0 Å². The molecule has 23 heavy (non-hydrogen) atoms. The number of carbonyl (C=O) groups excluding carboxylic acids is 2. The predicted octanol–water partition coefficient (Wildman–Crippen LogP) is 2.31.